The van der Waals surface area contributed by atoms with Crippen molar-refractivity contribution < 1.29 is 19.1 Å². The first-order valence-corrected chi connectivity index (χ1v) is 10.5. The van der Waals surface area contributed by atoms with Gasteiger partial charge in [0.2, 0.25) is 5.91 Å². The van der Waals surface area contributed by atoms with Gasteiger partial charge in [0.05, 0.1) is 17.7 Å². The summed E-state index contributed by atoms with van der Waals surface area (Å²) < 4.78 is 10.9. The van der Waals surface area contributed by atoms with E-state index in [1.807, 2.05) is 12.1 Å². The highest BCUT2D eigenvalue weighted by Crippen LogP contribution is 2.32. The van der Waals surface area contributed by atoms with Crippen molar-refractivity contribution in [3.05, 3.63) is 77.3 Å². The molecule has 9 nitrogen and oxygen atoms in total. The molecule has 0 bridgehead atoms. The van der Waals surface area contributed by atoms with Gasteiger partial charge >= 0.3 is 0 Å². The van der Waals surface area contributed by atoms with Crippen LogP contribution in [0.5, 0.6) is 17.2 Å². The molecule has 1 heterocycles. The van der Waals surface area contributed by atoms with E-state index in [1.54, 1.807) is 37.4 Å². The van der Waals surface area contributed by atoms with Gasteiger partial charge in [0.1, 0.15) is 29.6 Å². The van der Waals surface area contributed by atoms with Gasteiger partial charge in [0.15, 0.2) is 0 Å². The van der Waals surface area contributed by atoms with Gasteiger partial charge in [-0.3, -0.25) is 9.59 Å². The molecule has 172 valence electrons. The predicted octanol–water partition coefficient (Wildman–Crippen LogP) is 2.69. The van der Waals surface area contributed by atoms with E-state index in [0.29, 0.717) is 28.7 Å². The average molecular weight is 470 g/mol. The topological polar surface area (TPSA) is 128 Å². The maximum absolute atomic E-state index is 12.6. The molecule has 1 atom stereocenters. The molecular formula is C23H24ClN5O4. The number of hydrogen-bond acceptors (Lipinski definition) is 7. The number of hydrogen-bond donors (Lipinski definition) is 3. The van der Waals surface area contributed by atoms with Crippen molar-refractivity contribution in [3.63, 3.8) is 0 Å². The second kappa shape index (κ2) is 11.8. The molecule has 4 N–H and O–H groups in total. The van der Waals surface area contributed by atoms with Crippen LogP contribution in [-0.2, 0) is 11.3 Å². The highest BCUT2D eigenvalue weighted by molar-refractivity contribution is 6.32. The molecule has 0 spiro atoms. The lowest BCUT2D eigenvalue weighted by Crippen LogP contribution is -2.47. The summed E-state index contributed by atoms with van der Waals surface area (Å²) >= 11 is 6.21. The lowest BCUT2D eigenvalue weighted by molar-refractivity contribution is -0.123. The third kappa shape index (κ3) is 6.90. The van der Waals surface area contributed by atoms with Gasteiger partial charge in [-0.15, -0.1) is 0 Å². The van der Waals surface area contributed by atoms with E-state index in [2.05, 4.69) is 20.6 Å². The fourth-order valence-corrected chi connectivity index (χ4v) is 3.11. The van der Waals surface area contributed by atoms with Gasteiger partial charge in [-0.2, -0.15) is 0 Å². The van der Waals surface area contributed by atoms with Crippen molar-refractivity contribution in [2.24, 2.45) is 5.73 Å². The fourth-order valence-electron chi connectivity index (χ4n) is 2.90. The first-order valence-electron chi connectivity index (χ1n) is 10.1. The van der Waals surface area contributed by atoms with Crippen LogP contribution in [0.2, 0.25) is 5.02 Å². The molecule has 0 radical (unpaired) electrons. The largest absolute Gasteiger partial charge is 0.497 e. The van der Waals surface area contributed by atoms with Crippen LogP contribution in [0.15, 0.2) is 61.2 Å². The second-order valence-corrected chi connectivity index (χ2v) is 7.40. The van der Waals surface area contributed by atoms with Gasteiger partial charge in [0.25, 0.3) is 5.91 Å². The molecule has 0 aliphatic rings. The van der Waals surface area contributed by atoms with E-state index < -0.39 is 11.9 Å². The summed E-state index contributed by atoms with van der Waals surface area (Å²) in [7, 11) is 1.56. The van der Waals surface area contributed by atoms with Crippen LogP contribution < -0.4 is 25.8 Å². The van der Waals surface area contributed by atoms with Crippen LogP contribution in [-0.4, -0.2) is 41.5 Å². The molecule has 3 aromatic rings. The number of aromatic nitrogens is 2. The first-order chi connectivity index (χ1) is 16.0. The normalized spacial score (nSPS) is 11.4. The Kier molecular flexibility index (Phi) is 8.56. The molecule has 3 rings (SSSR count). The standard InChI is InChI=1S/C23H24ClN5O4/c1-32-18-6-7-21(19(24)10-18)33-17-4-2-15(3-5-17)11-28-23(31)20(8-9-25)29-22(30)16-12-26-14-27-13-16/h2-7,10,12-14,20H,8-9,11,25H2,1H3,(H,28,31)(H,29,30)/t20-/m1/s1. The van der Waals surface area contributed by atoms with Crippen LogP contribution in [0.25, 0.3) is 0 Å². The number of rotatable bonds is 10. The monoisotopic (exact) mass is 469 g/mol. The Bertz CT molecular complexity index is 1080. The second-order valence-electron chi connectivity index (χ2n) is 6.99. The summed E-state index contributed by atoms with van der Waals surface area (Å²) in [6.07, 6.45) is 4.37. The minimum atomic E-state index is -0.775. The van der Waals surface area contributed by atoms with Gasteiger partial charge in [-0.25, -0.2) is 9.97 Å². The van der Waals surface area contributed by atoms with Crippen molar-refractivity contribution in [1.29, 1.82) is 0 Å². The Balaban J connectivity index is 1.55. The third-order valence-electron chi connectivity index (χ3n) is 4.66. The molecule has 0 saturated heterocycles. The predicted molar refractivity (Wildman–Crippen MR) is 123 cm³/mol. The highest BCUT2D eigenvalue weighted by Gasteiger charge is 2.20. The molecule has 2 aromatic carbocycles. The number of carbonyl (C=O) groups excluding carboxylic acids is 2. The van der Waals surface area contributed by atoms with E-state index in [9.17, 15) is 9.59 Å². The summed E-state index contributed by atoms with van der Waals surface area (Å²) in [6.45, 7) is 0.511. The van der Waals surface area contributed by atoms with Crippen LogP contribution >= 0.6 is 11.6 Å². The zero-order valence-electron chi connectivity index (χ0n) is 18.0. The minimum absolute atomic E-state index is 0.240. The molecule has 0 aliphatic heterocycles. The number of amides is 2. The van der Waals surface area contributed by atoms with E-state index in [0.717, 1.165) is 5.56 Å². The smallest absolute Gasteiger partial charge is 0.255 e. The Hall–Kier alpha value is -3.69. The molecule has 0 saturated carbocycles. The lowest BCUT2D eigenvalue weighted by Gasteiger charge is -2.18. The maximum Gasteiger partial charge on any atom is 0.255 e. The van der Waals surface area contributed by atoms with Crippen LogP contribution in [0.3, 0.4) is 0 Å². The van der Waals surface area contributed by atoms with E-state index >= 15 is 0 Å². The molecule has 0 fully saturated rings. The summed E-state index contributed by atoms with van der Waals surface area (Å²) in [6, 6.07) is 11.6. The number of carbonyl (C=O) groups is 2. The molecule has 1 aromatic heterocycles. The number of benzene rings is 2. The summed E-state index contributed by atoms with van der Waals surface area (Å²) in [5, 5.41) is 5.91. The number of halogens is 1. The van der Waals surface area contributed by atoms with Crippen molar-refractivity contribution in [1.82, 2.24) is 20.6 Å². The van der Waals surface area contributed by atoms with E-state index in [4.69, 9.17) is 26.8 Å². The van der Waals surface area contributed by atoms with Crippen LogP contribution in [0, 0.1) is 0 Å². The van der Waals surface area contributed by atoms with Crippen molar-refractivity contribution in [3.8, 4) is 17.2 Å². The number of ether oxygens (including phenoxy) is 2. The Labute approximate surface area is 196 Å². The zero-order chi connectivity index (χ0) is 23.6. The number of nitrogens with two attached hydrogens (primary N) is 1. The Morgan fingerprint density at radius 1 is 1.09 bits per heavy atom. The number of nitrogens with one attached hydrogen (secondary N) is 2. The molecular weight excluding hydrogens is 446 g/mol. The van der Waals surface area contributed by atoms with Crippen molar-refractivity contribution in [2.45, 2.75) is 19.0 Å². The Morgan fingerprint density at radius 2 is 1.79 bits per heavy atom. The summed E-state index contributed by atoms with van der Waals surface area (Å²) in [5.41, 5.74) is 6.73. The summed E-state index contributed by atoms with van der Waals surface area (Å²) in [4.78, 5) is 32.5. The van der Waals surface area contributed by atoms with Gasteiger partial charge in [0, 0.05) is 25.0 Å². The van der Waals surface area contributed by atoms with Gasteiger partial charge < -0.3 is 25.8 Å². The highest BCUT2D eigenvalue weighted by atomic mass is 35.5. The molecule has 2 amide bonds. The van der Waals surface area contributed by atoms with E-state index in [-0.39, 0.29) is 24.6 Å². The van der Waals surface area contributed by atoms with Crippen molar-refractivity contribution >= 4 is 23.4 Å². The lowest BCUT2D eigenvalue weighted by atomic mass is 10.1. The van der Waals surface area contributed by atoms with Gasteiger partial charge in [-0.1, -0.05) is 23.7 Å². The zero-order valence-corrected chi connectivity index (χ0v) is 18.7. The maximum atomic E-state index is 12.6. The fraction of sp³-hybridized carbons (Fsp3) is 0.217. The van der Waals surface area contributed by atoms with Crippen LogP contribution in [0.1, 0.15) is 22.3 Å². The Morgan fingerprint density at radius 3 is 2.42 bits per heavy atom. The molecule has 33 heavy (non-hydrogen) atoms. The number of methoxy groups -OCH3 is 1. The van der Waals surface area contributed by atoms with Crippen molar-refractivity contribution in [2.75, 3.05) is 13.7 Å². The third-order valence-corrected chi connectivity index (χ3v) is 4.95. The quantitative estimate of drug-likeness (QED) is 0.416. The molecule has 0 unspecified atom stereocenters. The van der Waals surface area contributed by atoms with Crippen LogP contribution in [0.4, 0.5) is 0 Å². The van der Waals surface area contributed by atoms with E-state index in [1.165, 1.54) is 18.7 Å². The number of nitrogens with zero attached hydrogens (tertiary/aromatic N) is 2. The molecule has 0 aliphatic carbocycles. The van der Waals surface area contributed by atoms with Gasteiger partial charge in [-0.05, 0) is 42.8 Å². The molecule has 10 heteroatoms. The SMILES string of the molecule is COc1ccc(Oc2ccc(CNC(=O)[C@@H](CCN)NC(=O)c3cncnc3)cc2)c(Cl)c1. The minimum Gasteiger partial charge on any atom is -0.497 e. The summed E-state index contributed by atoms with van der Waals surface area (Å²) in [5.74, 6) is 0.955. The first kappa shape index (κ1) is 24.0. The average Bonchev–Trinajstić information content (AvgIpc) is 2.84.